The van der Waals surface area contributed by atoms with Crippen LogP contribution in [0.25, 0.3) is 0 Å². The van der Waals surface area contributed by atoms with E-state index in [1.807, 2.05) is 0 Å². The van der Waals surface area contributed by atoms with E-state index in [-0.39, 0.29) is 30.8 Å². The lowest BCUT2D eigenvalue weighted by molar-refractivity contribution is -0.137. The van der Waals surface area contributed by atoms with E-state index in [0.717, 1.165) is 31.4 Å². The number of halogens is 4. The molecule has 22 heavy (non-hydrogen) atoms. The highest BCUT2D eigenvalue weighted by Gasteiger charge is 2.30. The highest BCUT2D eigenvalue weighted by atomic mass is 35.5. The molecule has 0 aliphatic heterocycles. The number of rotatable bonds is 4. The van der Waals surface area contributed by atoms with Gasteiger partial charge in [-0.25, -0.2) is 0 Å². The maximum atomic E-state index is 12.4. The van der Waals surface area contributed by atoms with Crippen LogP contribution in [0.2, 0.25) is 0 Å². The summed E-state index contributed by atoms with van der Waals surface area (Å²) < 4.78 is 37.3. The van der Waals surface area contributed by atoms with E-state index >= 15 is 0 Å². The molecule has 1 aliphatic rings. The summed E-state index contributed by atoms with van der Waals surface area (Å²) in [6.45, 7) is 0.547. The van der Waals surface area contributed by atoms with Crippen LogP contribution in [0.5, 0.6) is 0 Å². The maximum Gasteiger partial charge on any atom is 0.416 e. The second-order valence-electron chi connectivity index (χ2n) is 5.47. The number of alkyl halides is 3. The van der Waals surface area contributed by atoms with Crippen molar-refractivity contribution in [1.82, 2.24) is 5.32 Å². The van der Waals surface area contributed by atoms with Crippen LogP contribution in [-0.4, -0.2) is 18.5 Å². The first kappa shape index (κ1) is 18.8. The van der Waals surface area contributed by atoms with Crippen LogP contribution in [0.1, 0.15) is 30.4 Å². The molecule has 1 amide bonds. The van der Waals surface area contributed by atoms with Crippen molar-refractivity contribution in [2.45, 2.75) is 37.9 Å². The molecule has 1 aromatic carbocycles. The first-order chi connectivity index (χ1) is 9.90. The number of nitrogens with one attached hydrogen (secondary N) is 1. The van der Waals surface area contributed by atoms with Crippen molar-refractivity contribution in [1.29, 1.82) is 0 Å². The molecular weight excluding hydrogens is 317 g/mol. The molecule has 2 atom stereocenters. The summed E-state index contributed by atoms with van der Waals surface area (Å²) >= 11 is 0. The molecule has 3 N–H and O–H groups in total. The highest BCUT2D eigenvalue weighted by Crippen LogP contribution is 2.29. The van der Waals surface area contributed by atoms with Gasteiger partial charge in [0.05, 0.1) is 12.0 Å². The fourth-order valence-electron chi connectivity index (χ4n) is 2.76. The van der Waals surface area contributed by atoms with E-state index in [1.54, 1.807) is 0 Å². The van der Waals surface area contributed by atoms with E-state index in [0.29, 0.717) is 18.0 Å². The van der Waals surface area contributed by atoms with Gasteiger partial charge in [0, 0.05) is 6.04 Å². The monoisotopic (exact) mass is 336 g/mol. The normalized spacial score (nSPS) is 21.3. The Morgan fingerprint density at radius 3 is 2.41 bits per heavy atom. The SMILES string of the molecule is Cl.NCC1CCCC1NC(=O)Cc1ccc(C(F)(F)F)cc1. The van der Waals surface area contributed by atoms with Crippen LogP contribution >= 0.6 is 12.4 Å². The molecule has 1 saturated carbocycles. The molecule has 124 valence electrons. The van der Waals surface area contributed by atoms with Crippen molar-refractivity contribution in [2.75, 3.05) is 6.54 Å². The van der Waals surface area contributed by atoms with Gasteiger partial charge >= 0.3 is 6.18 Å². The summed E-state index contributed by atoms with van der Waals surface area (Å²) in [6.07, 6.45) is -1.28. The lowest BCUT2D eigenvalue weighted by Gasteiger charge is -2.19. The molecule has 0 saturated heterocycles. The number of hydrogen-bond acceptors (Lipinski definition) is 2. The third kappa shape index (κ3) is 4.88. The maximum absolute atomic E-state index is 12.4. The predicted molar refractivity (Wildman–Crippen MR) is 80.7 cm³/mol. The predicted octanol–water partition coefficient (Wildman–Crippen LogP) is 2.91. The van der Waals surface area contributed by atoms with Crippen LogP contribution in [0.4, 0.5) is 13.2 Å². The minimum atomic E-state index is -4.35. The fourth-order valence-corrected chi connectivity index (χ4v) is 2.76. The molecule has 2 rings (SSSR count). The van der Waals surface area contributed by atoms with Crippen molar-refractivity contribution in [3.05, 3.63) is 35.4 Å². The second kappa shape index (κ2) is 7.83. The zero-order valence-corrected chi connectivity index (χ0v) is 12.8. The van der Waals surface area contributed by atoms with Crippen LogP contribution in [-0.2, 0) is 17.4 Å². The zero-order chi connectivity index (χ0) is 15.5. The second-order valence-corrected chi connectivity index (χ2v) is 5.47. The van der Waals surface area contributed by atoms with Crippen molar-refractivity contribution >= 4 is 18.3 Å². The summed E-state index contributed by atoms with van der Waals surface area (Å²) in [5.74, 6) is 0.140. The molecule has 0 bridgehead atoms. The molecular formula is C15H20ClF3N2O. The number of hydrogen-bond donors (Lipinski definition) is 2. The van der Waals surface area contributed by atoms with Gasteiger partial charge in [-0.1, -0.05) is 18.6 Å². The molecule has 0 heterocycles. The average Bonchev–Trinajstić information content (AvgIpc) is 2.85. The molecule has 0 spiro atoms. The number of benzene rings is 1. The Bertz CT molecular complexity index is 491. The van der Waals surface area contributed by atoms with Crippen molar-refractivity contribution in [2.24, 2.45) is 11.7 Å². The molecule has 1 aromatic rings. The Kier molecular flexibility index (Phi) is 6.68. The molecule has 3 nitrogen and oxygen atoms in total. The smallest absolute Gasteiger partial charge is 0.353 e. The molecule has 7 heteroatoms. The first-order valence-electron chi connectivity index (χ1n) is 7.05. The van der Waals surface area contributed by atoms with Crippen molar-refractivity contribution in [3.8, 4) is 0 Å². The summed E-state index contributed by atoms with van der Waals surface area (Å²) in [5, 5.41) is 2.93. The third-order valence-corrected chi connectivity index (χ3v) is 3.95. The lowest BCUT2D eigenvalue weighted by Crippen LogP contribution is -2.40. The Balaban J connectivity index is 0.00000242. The molecule has 2 unspecified atom stereocenters. The Hall–Kier alpha value is -1.27. The first-order valence-corrected chi connectivity index (χ1v) is 7.05. The van der Waals surface area contributed by atoms with Gasteiger partial charge in [0.1, 0.15) is 0 Å². The summed E-state index contributed by atoms with van der Waals surface area (Å²) in [4.78, 5) is 11.9. The van der Waals surface area contributed by atoms with Gasteiger partial charge in [0.15, 0.2) is 0 Å². The summed E-state index contributed by atoms with van der Waals surface area (Å²) in [5.41, 5.74) is 5.52. The van der Waals surface area contributed by atoms with E-state index in [1.165, 1.54) is 12.1 Å². The van der Waals surface area contributed by atoms with Gasteiger partial charge in [-0.05, 0) is 43.0 Å². The van der Waals surface area contributed by atoms with Crippen LogP contribution in [0.15, 0.2) is 24.3 Å². The van der Waals surface area contributed by atoms with Crippen LogP contribution < -0.4 is 11.1 Å². The van der Waals surface area contributed by atoms with E-state index in [9.17, 15) is 18.0 Å². The van der Waals surface area contributed by atoms with Gasteiger partial charge in [0.25, 0.3) is 0 Å². The molecule has 0 aromatic heterocycles. The van der Waals surface area contributed by atoms with E-state index in [2.05, 4.69) is 5.32 Å². The number of carbonyl (C=O) groups excluding carboxylic acids is 1. The minimum absolute atomic E-state index is 0. The Morgan fingerprint density at radius 2 is 1.86 bits per heavy atom. The van der Waals surface area contributed by atoms with Crippen LogP contribution in [0.3, 0.4) is 0 Å². The topological polar surface area (TPSA) is 55.1 Å². The highest BCUT2D eigenvalue weighted by molar-refractivity contribution is 5.85. The fraction of sp³-hybridized carbons (Fsp3) is 0.533. The van der Waals surface area contributed by atoms with Gasteiger partial charge in [0.2, 0.25) is 5.91 Å². The lowest BCUT2D eigenvalue weighted by atomic mass is 10.0. The third-order valence-electron chi connectivity index (χ3n) is 3.95. The average molecular weight is 337 g/mol. The van der Waals surface area contributed by atoms with Crippen molar-refractivity contribution in [3.63, 3.8) is 0 Å². The molecule has 1 aliphatic carbocycles. The molecule has 1 fully saturated rings. The van der Waals surface area contributed by atoms with E-state index in [4.69, 9.17) is 5.73 Å². The number of carbonyl (C=O) groups is 1. The Labute approximate surface area is 133 Å². The Morgan fingerprint density at radius 1 is 1.23 bits per heavy atom. The van der Waals surface area contributed by atoms with Crippen molar-refractivity contribution < 1.29 is 18.0 Å². The van der Waals surface area contributed by atoms with Gasteiger partial charge in [-0.2, -0.15) is 13.2 Å². The van der Waals surface area contributed by atoms with Crippen LogP contribution in [0, 0.1) is 5.92 Å². The van der Waals surface area contributed by atoms with Gasteiger partial charge < -0.3 is 11.1 Å². The molecule has 0 radical (unpaired) electrons. The largest absolute Gasteiger partial charge is 0.416 e. The minimum Gasteiger partial charge on any atom is -0.353 e. The summed E-state index contributed by atoms with van der Waals surface area (Å²) in [6, 6.07) is 4.79. The zero-order valence-electron chi connectivity index (χ0n) is 12.0. The quantitative estimate of drug-likeness (QED) is 0.888. The number of nitrogens with two attached hydrogens (primary N) is 1. The standard InChI is InChI=1S/C15H19F3N2O.ClH/c16-15(17,18)12-6-4-10(5-7-12)8-14(21)20-13-3-1-2-11(13)9-19;/h4-7,11,13H,1-3,8-9,19H2,(H,20,21);1H. The van der Waals surface area contributed by atoms with Gasteiger partial charge in [-0.3, -0.25) is 4.79 Å². The van der Waals surface area contributed by atoms with Gasteiger partial charge in [-0.15, -0.1) is 12.4 Å². The number of amides is 1. The summed E-state index contributed by atoms with van der Waals surface area (Å²) in [7, 11) is 0. The van der Waals surface area contributed by atoms with E-state index < -0.39 is 11.7 Å².